The predicted molar refractivity (Wildman–Crippen MR) is 48.9 cm³/mol. The van der Waals surface area contributed by atoms with Crippen LogP contribution in [-0.2, 0) is 6.18 Å². The van der Waals surface area contributed by atoms with E-state index in [1.165, 1.54) is 19.1 Å². The maximum absolute atomic E-state index is 12.3. The van der Waals surface area contributed by atoms with Crippen LogP contribution in [0.15, 0.2) is 16.6 Å². The van der Waals surface area contributed by atoms with Crippen molar-refractivity contribution in [1.29, 1.82) is 0 Å². The Balaban J connectivity index is 3.38. The van der Waals surface area contributed by atoms with Gasteiger partial charge >= 0.3 is 6.18 Å². The lowest BCUT2D eigenvalue weighted by Gasteiger charge is -2.12. The molecule has 0 aliphatic heterocycles. The zero-order valence-corrected chi connectivity index (χ0v) is 8.89. The van der Waals surface area contributed by atoms with Crippen molar-refractivity contribution in [2.75, 3.05) is 0 Å². The first kappa shape index (κ1) is 10.9. The lowest BCUT2D eigenvalue weighted by atomic mass is 10.1. The average Bonchev–Trinajstić information content (AvgIpc) is 1.78. The molecule has 0 amide bonds. The largest absolute Gasteiger partial charge is 0.418 e. The molecule has 1 aromatic carbocycles. The molecule has 0 saturated carbocycles. The minimum absolute atomic E-state index is 0.117. The molecule has 0 unspecified atom stereocenters. The second-order valence-electron chi connectivity index (χ2n) is 2.58. The van der Waals surface area contributed by atoms with Crippen LogP contribution in [0.3, 0.4) is 0 Å². The minimum Gasteiger partial charge on any atom is -0.166 e. The van der Waals surface area contributed by atoms with E-state index in [9.17, 15) is 13.2 Å². The summed E-state index contributed by atoms with van der Waals surface area (Å²) in [7, 11) is 0. The molecule has 1 rings (SSSR count). The molecule has 0 atom stereocenters. The fourth-order valence-corrected chi connectivity index (χ4v) is 2.14. The molecule has 0 fully saturated rings. The molecule has 5 heteroatoms. The fourth-order valence-electron chi connectivity index (χ4n) is 1.06. The molecular formula is C8H5BrClF3. The summed E-state index contributed by atoms with van der Waals surface area (Å²) in [5.41, 5.74) is -0.649. The van der Waals surface area contributed by atoms with Gasteiger partial charge in [0, 0.05) is 4.47 Å². The van der Waals surface area contributed by atoms with E-state index in [1.54, 1.807) is 0 Å². The number of alkyl halides is 3. The first-order valence-electron chi connectivity index (χ1n) is 3.35. The Kier molecular flexibility index (Phi) is 2.92. The van der Waals surface area contributed by atoms with Crippen LogP contribution in [0.2, 0.25) is 5.02 Å². The molecule has 1 aromatic rings. The van der Waals surface area contributed by atoms with E-state index in [1.807, 2.05) is 0 Å². The summed E-state index contributed by atoms with van der Waals surface area (Å²) in [6.07, 6.45) is -4.39. The second kappa shape index (κ2) is 3.50. The highest BCUT2D eigenvalue weighted by Crippen LogP contribution is 2.38. The predicted octanol–water partition coefficient (Wildman–Crippen LogP) is 4.43. The molecule has 0 aliphatic carbocycles. The van der Waals surface area contributed by atoms with Crippen LogP contribution in [0, 0.1) is 6.92 Å². The highest BCUT2D eigenvalue weighted by atomic mass is 79.9. The van der Waals surface area contributed by atoms with Crippen LogP contribution < -0.4 is 0 Å². The van der Waals surface area contributed by atoms with Crippen molar-refractivity contribution in [3.8, 4) is 0 Å². The molecule has 0 saturated heterocycles. The zero-order chi connectivity index (χ0) is 10.2. The zero-order valence-electron chi connectivity index (χ0n) is 6.54. The van der Waals surface area contributed by atoms with Gasteiger partial charge in [-0.05, 0) is 24.6 Å². The molecular weight excluding hydrogens is 268 g/mol. The van der Waals surface area contributed by atoms with Crippen LogP contribution in [-0.4, -0.2) is 0 Å². The maximum Gasteiger partial charge on any atom is 0.418 e. The van der Waals surface area contributed by atoms with Crippen LogP contribution in [0.1, 0.15) is 11.1 Å². The summed E-state index contributed by atoms with van der Waals surface area (Å²) in [6, 6.07) is 2.62. The number of hydrogen-bond acceptors (Lipinski definition) is 0. The van der Waals surface area contributed by atoms with E-state index >= 15 is 0 Å². The standard InChI is InChI=1S/C8H5BrClF3/c1-4-2-5(9)3-6(10)7(4)8(11,12)13/h2-3H,1H3. The van der Waals surface area contributed by atoms with E-state index < -0.39 is 11.7 Å². The topological polar surface area (TPSA) is 0 Å². The van der Waals surface area contributed by atoms with Gasteiger partial charge in [-0.3, -0.25) is 0 Å². The highest BCUT2D eigenvalue weighted by Gasteiger charge is 2.34. The lowest BCUT2D eigenvalue weighted by molar-refractivity contribution is -0.137. The molecule has 0 aliphatic rings. The number of halogens is 5. The minimum atomic E-state index is -4.39. The van der Waals surface area contributed by atoms with Gasteiger partial charge in [0.15, 0.2) is 0 Å². The molecule has 0 bridgehead atoms. The third kappa shape index (κ3) is 2.38. The summed E-state index contributed by atoms with van der Waals surface area (Å²) in [4.78, 5) is 0. The second-order valence-corrected chi connectivity index (χ2v) is 3.90. The third-order valence-electron chi connectivity index (χ3n) is 1.54. The number of rotatable bonds is 0. The summed E-state index contributed by atoms with van der Waals surface area (Å²) in [6.45, 7) is 1.37. The van der Waals surface area contributed by atoms with Crippen molar-refractivity contribution in [2.45, 2.75) is 13.1 Å². The quantitative estimate of drug-likeness (QED) is 0.656. The van der Waals surface area contributed by atoms with Gasteiger partial charge in [0.2, 0.25) is 0 Å². The van der Waals surface area contributed by atoms with Gasteiger partial charge in [0.1, 0.15) is 0 Å². The Morgan fingerprint density at radius 3 is 2.23 bits per heavy atom. The Bertz CT molecular complexity index is 310. The van der Waals surface area contributed by atoms with Crippen molar-refractivity contribution in [2.24, 2.45) is 0 Å². The van der Waals surface area contributed by atoms with Crippen LogP contribution in [0.5, 0.6) is 0 Å². The van der Waals surface area contributed by atoms with Crippen LogP contribution in [0.25, 0.3) is 0 Å². The van der Waals surface area contributed by atoms with Gasteiger partial charge in [0.05, 0.1) is 10.6 Å². The lowest BCUT2D eigenvalue weighted by Crippen LogP contribution is -2.08. The monoisotopic (exact) mass is 272 g/mol. The van der Waals surface area contributed by atoms with Crippen LogP contribution in [0.4, 0.5) is 13.2 Å². The summed E-state index contributed by atoms with van der Waals surface area (Å²) >= 11 is 8.53. The van der Waals surface area contributed by atoms with Gasteiger partial charge in [0.25, 0.3) is 0 Å². The molecule has 72 valence electrons. The molecule has 0 nitrogen and oxygen atoms in total. The number of benzene rings is 1. The van der Waals surface area contributed by atoms with Gasteiger partial charge in [-0.1, -0.05) is 27.5 Å². The van der Waals surface area contributed by atoms with Crippen molar-refractivity contribution in [3.05, 3.63) is 32.8 Å². The van der Waals surface area contributed by atoms with Gasteiger partial charge in [-0.2, -0.15) is 13.2 Å². The Morgan fingerprint density at radius 2 is 1.85 bits per heavy atom. The van der Waals surface area contributed by atoms with E-state index in [4.69, 9.17) is 11.6 Å². The molecule has 0 heterocycles. The van der Waals surface area contributed by atoms with Gasteiger partial charge < -0.3 is 0 Å². The normalized spacial score (nSPS) is 11.8. The van der Waals surface area contributed by atoms with Crippen molar-refractivity contribution < 1.29 is 13.2 Å². The number of hydrogen-bond donors (Lipinski definition) is 0. The summed E-state index contributed by atoms with van der Waals surface area (Å²) < 4.78 is 37.6. The van der Waals surface area contributed by atoms with E-state index in [-0.39, 0.29) is 10.6 Å². The molecule has 0 N–H and O–H groups in total. The average molecular weight is 273 g/mol. The summed E-state index contributed by atoms with van der Waals surface area (Å²) in [5, 5.41) is -0.278. The first-order valence-corrected chi connectivity index (χ1v) is 4.52. The molecule has 0 aromatic heterocycles. The Hall–Kier alpha value is -0.220. The number of aryl methyl sites for hydroxylation is 1. The van der Waals surface area contributed by atoms with Crippen molar-refractivity contribution in [3.63, 3.8) is 0 Å². The summed E-state index contributed by atoms with van der Waals surface area (Å²) in [5.74, 6) is 0. The van der Waals surface area contributed by atoms with E-state index in [2.05, 4.69) is 15.9 Å². The molecule has 0 radical (unpaired) electrons. The smallest absolute Gasteiger partial charge is 0.166 e. The van der Waals surface area contributed by atoms with Crippen molar-refractivity contribution in [1.82, 2.24) is 0 Å². The van der Waals surface area contributed by atoms with E-state index in [0.717, 1.165) is 0 Å². The SMILES string of the molecule is Cc1cc(Br)cc(Cl)c1C(F)(F)F. The first-order chi connectivity index (χ1) is 5.82. The highest BCUT2D eigenvalue weighted by molar-refractivity contribution is 9.10. The maximum atomic E-state index is 12.3. The Labute approximate surface area is 86.8 Å². The van der Waals surface area contributed by atoms with E-state index in [0.29, 0.717) is 4.47 Å². The fraction of sp³-hybridized carbons (Fsp3) is 0.250. The van der Waals surface area contributed by atoms with Gasteiger partial charge in [-0.15, -0.1) is 0 Å². The molecule has 13 heavy (non-hydrogen) atoms. The van der Waals surface area contributed by atoms with Crippen LogP contribution >= 0.6 is 27.5 Å². The van der Waals surface area contributed by atoms with Crippen molar-refractivity contribution >= 4 is 27.5 Å². The van der Waals surface area contributed by atoms with Gasteiger partial charge in [-0.25, -0.2) is 0 Å². The third-order valence-corrected chi connectivity index (χ3v) is 2.29. The Morgan fingerprint density at radius 1 is 1.31 bits per heavy atom. The molecule has 0 spiro atoms.